The summed E-state index contributed by atoms with van der Waals surface area (Å²) in [7, 11) is 0. The Bertz CT molecular complexity index is 754. The van der Waals surface area contributed by atoms with Gasteiger partial charge in [0.15, 0.2) is 0 Å². The van der Waals surface area contributed by atoms with Crippen molar-refractivity contribution in [1.29, 1.82) is 0 Å². The van der Waals surface area contributed by atoms with Crippen LogP contribution in [0.25, 0.3) is 0 Å². The molecule has 2 N–H and O–H groups in total. The lowest BCUT2D eigenvalue weighted by molar-refractivity contribution is 0.104. The molecule has 4 heteroatoms. The van der Waals surface area contributed by atoms with Gasteiger partial charge in [0, 0.05) is 18.9 Å². The SMILES string of the molecule is OC(COc1cccc(OCC(O)Cc2ccccc2)c1)Cc1ccccc1. The molecule has 146 valence electrons. The highest BCUT2D eigenvalue weighted by Crippen LogP contribution is 2.20. The second-order valence-corrected chi connectivity index (χ2v) is 6.78. The molecule has 0 spiro atoms. The Morgan fingerprint density at radius 1 is 0.571 bits per heavy atom. The van der Waals surface area contributed by atoms with E-state index in [-0.39, 0.29) is 13.2 Å². The van der Waals surface area contributed by atoms with Crippen LogP contribution in [-0.2, 0) is 12.8 Å². The van der Waals surface area contributed by atoms with Crippen molar-refractivity contribution in [3.05, 3.63) is 96.1 Å². The van der Waals surface area contributed by atoms with E-state index in [1.54, 1.807) is 6.07 Å². The molecule has 0 amide bonds. The van der Waals surface area contributed by atoms with Crippen LogP contribution in [0.4, 0.5) is 0 Å². The Morgan fingerprint density at radius 3 is 1.43 bits per heavy atom. The van der Waals surface area contributed by atoms with Crippen molar-refractivity contribution in [2.24, 2.45) is 0 Å². The van der Waals surface area contributed by atoms with Crippen LogP contribution < -0.4 is 9.47 Å². The number of ether oxygens (including phenoxy) is 2. The summed E-state index contributed by atoms with van der Waals surface area (Å²) in [6, 6.07) is 26.9. The van der Waals surface area contributed by atoms with E-state index in [1.165, 1.54) is 0 Å². The zero-order valence-corrected chi connectivity index (χ0v) is 15.8. The Morgan fingerprint density at radius 2 is 1.00 bits per heavy atom. The van der Waals surface area contributed by atoms with Crippen molar-refractivity contribution in [2.45, 2.75) is 25.0 Å². The first-order chi connectivity index (χ1) is 13.7. The van der Waals surface area contributed by atoms with Crippen molar-refractivity contribution >= 4 is 0 Å². The van der Waals surface area contributed by atoms with E-state index in [2.05, 4.69) is 0 Å². The Hall–Kier alpha value is -2.82. The van der Waals surface area contributed by atoms with E-state index < -0.39 is 12.2 Å². The van der Waals surface area contributed by atoms with E-state index in [0.29, 0.717) is 24.3 Å². The van der Waals surface area contributed by atoms with Crippen LogP contribution >= 0.6 is 0 Å². The standard InChI is InChI=1S/C24H26O4/c25-21(14-19-8-3-1-4-9-19)17-27-23-12-7-13-24(16-23)28-18-22(26)15-20-10-5-2-6-11-20/h1-13,16,21-22,25-26H,14-15,17-18H2. The average Bonchev–Trinajstić information content (AvgIpc) is 2.73. The van der Waals surface area contributed by atoms with Gasteiger partial charge in [0.1, 0.15) is 24.7 Å². The minimum atomic E-state index is -0.584. The quantitative estimate of drug-likeness (QED) is 0.565. The van der Waals surface area contributed by atoms with Gasteiger partial charge < -0.3 is 19.7 Å². The second-order valence-electron chi connectivity index (χ2n) is 6.78. The van der Waals surface area contributed by atoms with Gasteiger partial charge in [0.2, 0.25) is 0 Å². The highest BCUT2D eigenvalue weighted by molar-refractivity contribution is 5.33. The molecule has 0 aliphatic carbocycles. The van der Waals surface area contributed by atoms with Gasteiger partial charge in [-0.2, -0.15) is 0 Å². The fourth-order valence-corrected chi connectivity index (χ4v) is 2.93. The normalized spacial score (nSPS) is 12.9. The maximum absolute atomic E-state index is 10.2. The second kappa shape index (κ2) is 10.5. The van der Waals surface area contributed by atoms with Crippen molar-refractivity contribution in [1.82, 2.24) is 0 Å². The molecule has 4 nitrogen and oxygen atoms in total. The van der Waals surface area contributed by atoms with Crippen molar-refractivity contribution in [3.63, 3.8) is 0 Å². The zero-order valence-electron chi connectivity index (χ0n) is 15.8. The summed E-state index contributed by atoms with van der Waals surface area (Å²) >= 11 is 0. The van der Waals surface area contributed by atoms with Crippen LogP contribution in [0.3, 0.4) is 0 Å². The highest BCUT2D eigenvalue weighted by atomic mass is 16.5. The third kappa shape index (κ3) is 6.72. The van der Waals surface area contributed by atoms with Crippen LogP contribution in [0.2, 0.25) is 0 Å². The molecule has 3 rings (SSSR count). The summed E-state index contributed by atoms with van der Waals surface area (Å²) in [4.78, 5) is 0. The van der Waals surface area contributed by atoms with Gasteiger partial charge in [-0.05, 0) is 23.3 Å². The Labute approximate surface area is 166 Å². The van der Waals surface area contributed by atoms with Gasteiger partial charge in [0.05, 0.1) is 12.2 Å². The molecule has 3 aromatic rings. The Kier molecular flexibility index (Phi) is 7.47. The van der Waals surface area contributed by atoms with E-state index in [4.69, 9.17) is 9.47 Å². The third-order valence-electron chi connectivity index (χ3n) is 4.32. The molecule has 3 aromatic carbocycles. The smallest absolute Gasteiger partial charge is 0.123 e. The number of benzene rings is 3. The molecule has 0 fully saturated rings. The van der Waals surface area contributed by atoms with Gasteiger partial charge in [-0.25, -0.2) is 0 Å². The number of hydrogen-bond acceptors (Lipinski definition) is 4. The van der Waals surface area contributed by atoms with Gasteiger partial charge in [-0.15, -0.1) is 0 Å². The van der Waals surface area contributed by atoms with Crippen molar-refractivity contribution in [2.75, 3.05) is 13.2 Å². The van der Waals surface area contributed by atoms with Crippen LogP contribution in [0.5, 0.6) is 11.5 Å². The molecule has 0 saturated heterocycles. The maximum atomic E-state index is 10.2. The van der Waals surface area contributed by atoms with Crippen LogP contribution in [0.15, 0.2) is 84.9 Å². The fraction of sp³-hybridized carbons (Fsp3) is 0.250. The summed E-state index contributed by atoms with van der Waals surface area (Å²) in [5.74, 6) is 1.25. The van der Waals surface area contributed by atoms with Gasteiger partial charge in [-0.3, -0.25) is 0 Å². The molecule has 0 aliphatic heterocycles. The molecular formula is C24H26O4. The zero-order chi connectivity index (χ0) is 19.6. The van der Waals surface area contributed by atoms with Crippen LogP contribution in [0.1, 0.15) is 11.1 Å². The summed E-state index contributed by atoms with van der Waals surface area (Å²) in [5, 5.41) is 20.3. The number of hydrogen-bond donors (Lipinski definition) is 2. The molecule has 0 heterocycles. The summed E-state index contributed by atoms with van der Waals surface area (Å²) in [6.45, 7) is 0.407. The lowest BCUT2D eigenvalue weighted by Crippen LogP contribution is -2.21. The van der Waals surface area contributed by atoms with E-state index in [0.717, 1.165) is 11.1 Å². The van der Waals surface area contributed by atoms with E-state index in [9.17, 15) is 10.2 Å². The van der Waals surface area contributed by atoms with Gasteiger partial charge in [-0.1, -0.05) is 66.7 Å². The molecule has 0 aliphatic rings. The lowest BCUT2D eigenvalue weighted by atomic mass is 10.1. The number of rotatable bonds is 10. The average molecular weight is 378 g/mol. The monoisotopic (exact) mass is 378 g/mol. The minimum absolute atomic E-state index is 0.203. The van der Waals surface area contributed by atoms with Crippen molar-refractivity contribution < 1.29 is 19.7 Å². The van der Waals surface area contributed by atoms with Gasteiger partial charge >= 0.3 is 0 Å². The first-order valence-electron chi connectivity index (χ1n) is 9.48. The molecule has 2 atom stereocenters. The van der Waals surface area contributed by atoms with Crippen LogP contribution in [0, 0.1) is 0 Å². The fourth-order valence-electron chi connectivity index (χ4n) is 2.93. The first kappa shape index (κ1) is 19.9. The summed E-state index contributed by atoms with van der Waals surface area (Å²) < 4.78 is 11.4. The highest BCUT2D eigenvalue weighted by Gasteiger charge is 2.09. The molecule has 2 unspecified atom stereocenters. The van der Waals surface area contributed by atoms with E-state index in [1.807, 2.05) is 78.9 Å². The third-order valence-corrected chi connectivity index (χ3v) is 4.32. The molecule has 28 heavy (non-hydrogen) atoms. The molecule has 0 saturated carbocycles. The topological polar surface area (TPSA) is 58.9 Å². The maximum Gasteiger partial charge on any atom is 0.123 e. The van der Waals surface area contributed by atoms with Crippen LogP contribution in [-0.4, -0.2) is 35.6 Å². The predicted molar refractivity (Wildman–Crippen MR) is 110 cm³/mol. The largest absolute Gasteiger partial charge is 0.491 e. The molecule has 0 bridgehead atoms. The number of aliphatic hydroxyl groups excluding tert-OH is 2. The summed E-state index contributed by atoms with van der Waals surface area (Å²) in [6.07, 6.45) is -0.0786. The lowest BCUT2D eigenvalue weighted by Gasteiger charge is -2.15. The molecule has 0 radical (unpaired) electrons. The van der Waals surface area contributed by atoms with Gasteiger partial charge in [0.25, 0.3) is 0 Å². The first-order valence-corrected chi connectivity index (χ1v) is 9.48. The Balaban J connectivity index is 1.44. The predicted octanol–water partition coefficient (Wildman–Crippen LogP) is 3.65. The van der Waals surface area contributed by atoms with Crippen molar-refractivity contribution in [3.8, 4) is 11.5 Å². The molecule has 0 aromatic heterocycles. The summed E-state index contributed by atoms with van der Waals surface area (Å²) in [5.41, 5.74) is 2.14. The van der Waals surface area contributed by atoms with E-state index >= 15 is 0 Å². The molecular weight excluding hydrogens is 352 g/mol. The minimum Gasteiger partial charge on any atom is -0.491 e. The number of aliphatic hydroxyl groups is 2.